The second kappa shape index (κ2) is 6.45. The van der Waals surface area contributed by atoms with Crippen LogP contribution < -0.4 is 4.90 Å². The van der Waals surface area contributed by atoms with Crippen LogP contribution >= 0.6 is 0 Å². The fourth-order valence-corrected chi connectivity index (χ4v) is 2.96. The van der Waals surface area contributed by atoms with Crippen LogP contribution in [-0.4, -0.2) is 56.3 Å². The quantitative estimate of drug-likeness (QED) is 0.816. The molecule has 0 aliphatic carbocycles. The minimum absolute atomic E-state index is 0.472. The van der Waals surface area contributed by atoms with Gasteiger partial charge in [0, 0.05) is 32.8 Å². The largest absolute Gasteiger partial charge is 0.423 e. The van der Waals surface area contributed by atoms with Gasteiger partial charge in [-0.3, -0.25) is 0 Å². The summed E-state index contributed by atoms with van der Waals surface area (Å²) >= 11 is 0. The molecule has 21 heavy (non-hydrogen) atoms. The van der Waals surface area contributed by atoms with Crippen LogP contribution in [0.25, 0.3) is 11.1 Å². The smallest absolute Gasteiger partial charge is 0.298 e. The van der Waals surface area contributed by atoms with Gasteiger partial charge in [-0.15, -0.1) is 0 Å². The van der Waals surface area contributed by atoms with Crippen molar-refractivity contribution in [2.24, 2.45) is 0 Å². The molecule has 5 nitrogen and oxygen atoms in total. The second-order valence-electron chi connectivity index (χ2n) is 5.71. The molecule has 0 N–H and O–H groups in total. The lowest BCUT2D eigenvalue weighted by molar-refractivity contribution is 0.158. The van der Waals surface area contributed by atoms with Crippen LogP contribution in [0.15, 0.2) is 28.7 Å². The maximum Gasteiger partial charge on any atom is 0.298 e. The molecule has 2 aromatic rings. The summed E-state index contributed by atoms with van der Waals surface area (Å²) in [6.07, 6.45) is 2.39. The topological polar surface area (TPSA) is 41.7 Å². The van der Waals surface area contributed by atoms with Gasteiger partial charge in [0.2, 0.25) is 0 Å². The summed E-state index contributed by atoms with van der Waals surface area (Å²) in [4.78, 5) is 9.25. The van der Waals surface area contributed by atoms with Gasteiger partial charge in [0.25, 0.3) is 6.01 Å². The summed E-state index contributed by atoms with van der Waals surface area (Å²) < 4.78 is 11.1. The van der Waals surface area contributed by atoms with Gasteiger partial charge < -0.3 is 19.0 Å². The number of hydrogen-bond donors (Lipinski definition) is 0. The summed E-state index contributed by atoms with van der Waals surface area (Å²) in [5.41, 5.74) is 1.80. The number of likely N-dealkylation sites (N-methyl/N-ethyl adjacent to an activating group) is 1. The molecule has 1 aromatic carbocycles. The molecule has 0 radical (unpaired) electrons. The zero-order chi connectivity index (χ0) is 14.7. The molecule has 1 aromatic heterocycles. The lowest BCUT2D eigenvalue weighted by Crippen LogP contribution is -2.40. The van der Waals surface area contributed by atoms with Crippen LogP contribution in [-0.2, 0) is 4.74 Å². The molecule has 0 unspecified atom stereocenters. The number of oxazole rings is 1. The van der Waals surface area contributed by atoms with Crippen molar-refractivity contribution in [2.45, 2.75) is 18.9 Å². The standard InChI is InChI=1S/C16H23N3O2/c1-18(10-11-20-2)12-13-6-5-9-19(13)16-17-14-7-3-4-8-15(14)21-16/h3-4,7-8,13H,5-6,9-12H2,1-2H3/t13-/m0/s1. The molecule has 1 aliphatic rings. The summed E-state index contributed by atoms with van der Waals surface area (Å²) in [5, 5.41) is 0. The number of nitrogens with zero attached hydrogens (tertiary/aromatic N) is 3. The van der Waals surface area contributed by atoms with Gasteiger partial charge in [0.1, 0.15) is 5.52 Å². The number of hydrogen-bond acceptors (Lipinski definition) is 5. The number of para-hydroxylation sites is 2. The minimum Gasteiger partial charge on any atom is -0.423 e. The molecule has 0 spiro atoms. The fraction of sp³-hybridized carbons (Fsp3) is 0.562. The first-order chi connectivity index (χ1) is 10.3. The predicted octanol–water partition coefficient (Wildman–Crippen LogP) is 2.37. The number of ether oxygens (including phenoxy) is 1. The SMILES string of the molecule is COCCN(C)C[C@@H]1CCCN1c1nc2ccccc2o1. The van der Waals surface area contributed by atoms with E-state index in [1.807, 2.05) is 24.3 Å². The van der Waals surface area contributed by atoms with Gasteiger partial charge in [0.15, 0.2) is 5.58 Å². The zero-order valence-corrected chi connectivity index (χ0v) is 12.8. The highest BCUT2D eigenvalue weighted by molar-refractivity contribution is 5.74. The number of benzene rings is 1. The zero-order valence-electron chi connectivity index (χ0n) is 12.8. The summed E-state index contributed by atoms with van der Waals surface area (Å²) in [5.74, 6) is 0. The van der Waals surface area contributed by atoms with Crippen molar-refractivity contribution < 1.29 is 9.15 Å². The molecule has 1 fully saturated rings. The molecule has 114 valence electrons. The van der Waals surface area contributed by atoms with E-state index in [0.717, 1.165) is 43.4 Å². The Morgan fingerprint density at radius 1 is 1.43 bits per heavy atom. The van der Waals surface area contributed by atoms with E-state index in [2.05, 4.69) is 21.8 Å². The van der Waals surface area contributed by atoms with Crippen LogP contribution in [0.2, 0.25) is 0 Å². The van der Waals surface area contributed by atoms with Crippen LogP contribution in [0.4, 0.5) is 6.01 Å². The Bertz CT molecular complexity index is 551. The highest BCUT2D eigenvalue weighted by Gasteiger charge is 2.29. The van der Waals surface area contributed by atoms with Crippen LogP contribution in [0, 0.1) is 0 Å². The average molecular weight is 289 g/mol. The van der Waals surface area contributed by atoms with Crippen molar-refractivity contribution in [2.75, 3.05) is 45.3 Å². The van der Waals surface area contributed by atoms with E-state index in [9.17, 15) is 0 Å². The Hall–Kier alpha value is -1.59. The molecular formula is C16H23N3O2. The molecule has 0 bridgehead atoms. The molecule has 1 saturated heterocycles. The molecular weight excluding hydrogens is 266 g/mol. The normalized spacial score (nSPS) is 19.0. The van der Waals surface area contributed by atoms with Crippen LogP contribution in [0.3, 0.4) is 0 Å². The predicted molar refractivity (Wildman–Crippen MR) is 83.8 cm³/mol. The van der Waals surface area contributed by atoms with Gasteiger partial charge in [0.05, 0.1) is 6.61 Å². The summed E-state index contributed by atoms with van der Waals surface area (Å²) in [6.45, 7) is 3.76. The Labute approximate surface area is 125 Å². The number of anilines is 1. The molecule has 1 aliphatic heterocycles. The average Bonchev–Trinajstić information content (AvgIpc) is 3.10. The first-order valence-corrected chi connectivity index (χ1v) is 7.57. The summed E-state index contributed by atoms with van der Waals surface area (Å²) in [7, 11) is 3.88. The number of methoxy groups -OCH3 is 1. The van der Waals surface area contributed by atoms with Crippen molar-refractivity contribution >= 4 is 17.1 Å². The lowest BCUT2D eigenvalue weighted by atomic mass is 10.2. The Kier molecular flexibility index (Phi) is 4.41. The van der Waals surface area contributed by atoms with Gasteiger partial charge >= 0.3 is 0 Å². The minimum atomic E-state index is 0.472. The van der Waals surface area contributed by atoms with Crippen LogP contribution in [0.5, 0.6) is 0 Å². The number of fused-ring (bicyclic) bond motifs is 1. The van der Waals surface area contributed by atoms with E-state index in [1.165, 1.54) is 12.8 Å². The molecule has 3 rings (SSSR count). The van der Waals surface area contributed by atoms with Crippen molar-refractivity contribution in [3.8, 4) is 0 Å². The second-order valence-corrected chi connectivity index (χ2v) is 5.71. The molecule has 0 saturated carbocycles. The van der Waals surface area contributed by atoms with Gasteiger partial charge in [-0.2, -0.15) is 4.98 Å². The molecule has 0 amide bonds. The maximum absolute atomic E-state index is 5.92. The van der Waals surface area contributed by atoms with E-state index < -0.39 is 0 Å². The highest BCUT2D eigenvalue weighted by atomic mass is 16.5. The van der Waals surface area contributed by atoms with E-state index in [-0.39, 0.29) is 0 Å². The lowest BCUT2D eigenvalue weighted by Gasteiger charge is -2.27. The number of aromatic nitrogens is 1. The van der Waals surface area contributed by atoms with E-state index >= 15 is 0 Å². The van der Waals surface area contributed by atoms with Crippen molar-refractivity contribution in [1.29, 1.82) is 0 Å². The fourth-order valence-electron chi connectivity index (χ4n) is 2.96. The van der Waals surface area contributed by atoms with E-state index in [0.29, 0.717) is 6.04 Å². The third kappa shape index (κ3) is 3.19. The van der Waals surface area contributed by atoms with Gasteiger partial charge in [-0.05, 0) is 32.0 Å². The van der Waals surface area contributed by atoms with Crippen molar-refractivity contribution in [3.63, 3.8) is 0 Å². The van der Waals surface area contributed by atoms with E-state index in [1.54, 1.807) is 7.11 Å². The first-order valence-electron chi connectivity index (χ1n) is 7.57. The van der Waals surface area contributed by atoms with Crippen molar-refractivity contribution in [3.05, 3.63) is 24.3 Å². The Morgan fingerprint density at radius 2 is 2.29 bits per heavy atom. The summed E-state index contributed by atoms with van der Waals surface area (Å²) in [6, 6.07) is 9.19. The Morgan fingerprint density at radius 3 is 3.10 bits per heavy atom. The van der Waals surface area contributed by atoms with Gasteiger partial charge in [-0.25, -0.2) is 0 Å². The molecule has 1 atom stereocenters. The maximum atomic E-state index is 5.92. The monoisotopic (exact) mass is 289 g/mol. The Balaban J connectivity index is 1.71. The number of rotatable bonds is 6. The van der Waals surface area contributed by atoms with Crippen LogP contribution in [0.1, 0.15) is 12.8 Å². The molecule has 5 heteroatoms. The first kappa shape index (κ1) is 14.4. The van der Waals surface area contributed by atoms with E-state index in [4.69, 9.17) is 9.15 Å². The van der Waals surface area contributed by atoms with Crippen molar-refractivity contribution in [1.82, 2.24) is 9.88 Å². The third-order valence-corrected chi connectivity index (χ3v) is 4.10. The molecule has 2 heterocycles. The highest BCUT2D eigenvalue weighted by Crippen LogP contribution is 2.28. The van der Waals surface area contributed by atoms with Gasteiger partial charge in [-0.1, -0.05) is 12.1 Å². The third-order valence-electron chi connectivity index (χ3n) is 4.10.